The van der Waals surface area contributed by atoms with E-state index in [9.17, 15) is 8.42 Å². The van der Waals surface area contributed by atoms with Crippen LogP contribution in [0.25, 0.3) is 0 Å². The van der Waals surface area contributed by atoms with Gasteiger partial charge in [0.15, 0.2) is 0 Å². The number of sulfonamides is 1. The summed E-state index contributed by atoms with van der Waals surface area (Å²) in [4.78, 5) is 0. The number of benzene rings is 1. The summed E-state index contributed by atoms with van der Waals surface area (Å²) in [6, 6.07) is 10.2. The molecule has 0 amide bonds. The first kappa shape index (κ1) is 13.1. The number of rotatable bonds is 5. The molecule has 0 radical (unpaired) electrons. The minimum Gasteiger partial charge on any atom is -0.468 e. The first-order valence-corrected chi connectivity index (χ1v) is 7.32. The van der Waals surface area contributed by atoms with Crippen molar-refractivity contribution in [1.29, 1.82) is 0 Å². The van der Waals surface area contributed by atoms with Crippen molar-refractivity contribution < 1.29 is 12.8 Å². The summed E-state index contributed by atoms with van der Waals surface area (Å²) in [5, 5.41) is 0.522. The number of furan rings is 1. The van der Waals surface area contributed by atoms with Gasteiger partial charge in [-0.2, -0.15) is 0 Å². The zero-order chi connectivity index (χ0) is 13.0. The number of hydrogen-bond donors (Lipinski definition) is 1. The van der Waals surface area contributed by atoms with Crippen molar-refractivity contribution in [2.24, 2.45) is 0 Å². The molecule has 0 saturated carbocycles. The second kappa shape index (κ2) is 5.56. The van der Waals surface area contributed by atoms with Crippen molar-refractivity contribution in [1.82, 2.24) is 4.72 Å². The van der Waals surface area contributed by atoms with E-state index in [2.05, 4.69) is 4.72 Å². The minimum absolute atomic E-state index is 0.103. The summed E-state index contributed by atoms with van der Waals surface area (Å²) in [7, 11) is -3.40. The molecule has 1 N–H and O–H groups in total. The molecule has 0 unspecified atom stereocenters. The number of hydrogen-bond acceptors (Lipinski definition) is 3. The van der Waals surface area contributed by atoms with Gasteiger partial charge < -0.3 is 4.42 Å². The van der Waals surface area contributed by atoms with E-state index in [-0.39, 0.29) is 12.3 Å². The van der Waals surface area contributed by atoms with E-state index in [0.29, 0.717) is 16.3 Å². The Labute approximate surface area is 111 Å². The Morgan fingerprint density at radius 2 is 2.06 bits per heavy atom. The van der Waals surface area contributed by atoms with Crippen molar-refractivity contribution in [2.75, 3.05) is 0 Å². The third-order valence-electron chi connectivity index (χ3n) is 2.29. The highest BCUT2D eigenvalue weighted by Crippen LogP contribution is 2.13. The first-order chi connectivity index (χ1) is 8.55. The fourth-order valence-corrected chi connectivity index (χ4v) is 2.79. The predicted octanol–water partition coefficient (Wildman–Crippen LogP) is 2.55. The Morgan fingerprint density at radius 1 is 1.22 bits per heavy atom. The lowest BCUT2D eigenvalue weighted by Crippen LogP contribution is -2.24. The molecule has 2 rings (SSSR count). The van der Waals surface area contributed by atoms with E-state index in [1.165, 1.54) is 6.26 Å². The van der Waals surface area contributed by atoms with E-state index >= 15 is 0 Å². The molecule has 4 nitrogen and oxygen atoms in total. The van der Waals surface area contributed by atoms with Gasteiger partial charge in [0.1, 0.15) is 5.76 Å². The molecule has 96 valence electrons. The highest BCUT2D eigenvalue weighted by molar-refractivity contribution is 7.88. The molecule has 18 heavy (non-hydrogen) atoms. The van der Waals surface area contributed by atoms with Gasteiger partial charge >= 0.3 is 0 Å². The maximum atomic E-state index is 11.8. The predicted molar refractivity (Wildman–Crippen MR) is 69.6 cm³/mol. The second-order valence-electron chi connectivity index (χ2n) is 3.79. The molecule has 1 heterocycles. The van der Waals surface area contributed by atoms with Crippen LogP contribution in [0.15, 0.2) is 47.1 Å². The van der Waals surface area contributed by atoms with E-state index in [1.807, 2.05) is 0 Å². The molecule has 0 atom stereocenters. The Hall–Kier alpha value is -1.30. The quantitative estimate of drug-likeness (QED) is 0.918. The largest absolute Gasteiger partial charge is 0.468 e. The van der Waals surface area contributed by atoms with Gasteiger partial charge in [-0.25, -0.2) is 13.1 Å². The van der Waals surface area contributed by atoms with E-state index in [0.717, 1.165) is 0 Å². The van der Waals surface area contributed by atoms with Crippen LogP contribution in [0.2, 0.25) is 5.02 Å². The highest BCUT2D eigenvalue weighted by Gasteiger charge is 2.12. The minimum atomic E-state index is -3.40. The molecule has 0 fully saturated rings. The molecule has 0 spiro atoms. The number of halogens is 1. The normalized spacial score (nSPS) is 11.6. The van der Waals surface area contributed by atoms with Crippen molar-refractivity contribution in [3.05, 3.63) is 59.0 Å². The van der Waals surface area contributed by atoms with Crippen LogP contribution in [-0.2, 0) is 22.3 Å². The van der Waals surface area contributed by atoms with Crippen LogP contribution in [-0.4, -0.2) is 8.42 Å². The summed E-state index contributed by atoms with van der Waals surface area (Å²) >= 11 is 5.80. The summed E-state index contributed by atoms with van der Waals surface area (Å²) < 4.78 is 31.1. The Bertz CT molecular complexity index is 608. The Balaban J connectivity index is 1.99. The van der Waals surface area contributed by atoms with Crippen LogP contribution in [0.1, 0.15) is 11.3 Å². The van der Waals surface area contributed by atoms with Crippen LogP contribution in [0.3, 0.4) is 0 Å². The Morgan fingerprint density at radius 3 is 2.72 bits per heavy atom. The van der Waals surface area contributed by atoms with Gasteiger partial charge in [0.05, 0.1) is 18.6 Å². The molecule has 1 aromatic carbocycles. The molecule has 0 aliphatic heterocycles. The smallest absolute Gasteiger partial charge is 0.216 e. The van der Waals surface area contributed by atoms with Gasteiger partial charge in [-0.3, -0.25) is 0 Å². The van der Waals surface area contributed by atoms with Crippen LogP contribution in [0.5, 0.6) is 0 Å². The van der Waals surface area contributed by atoms with Gasteiger partial charge in [0, 0.05) is 5.02 Å². The average molecular weight is 286 g/mol. The SMILES string of the molecule is O=S(=O)(Cc1cccc(Cl)c1)NCc1ccco1. The molecule has 0 aliphatic rings. The van der Waals surface area contributed by atoms with E-state index in [4.69, 9.17) is 16.0 Å². The van der Waals surface area contributed by atoms with E-state index in [1.54, 1.807) is 36.4 Å². The molecule has 1 aromatic heterocycles. The summed E-state index contributed by atoms with van der Waals surface area (Å²) in [6.07, 6.45) is 1.50. The topological polar surface area (TPSA) is 59.3 Å². The van der Waals surface area contributed by atoms with E-state index < -0.39 is 10.0 Å². The molecule has 0 aliphatic carbocycles. The summed E-state index contributed by atoms with van der Waals surface area (Å²) in [5.41, 5.74) is 0.648. The lowest BCUT2D eigenvalue weighted by Gasteiger charge is -2.05. The second-order valence-corrected chi connectivity index (χ2v) is 6.03. The fraction of sp³-hybridized carbons (Fsp3) is 0.167. The maximum Gasteiger partial charge on any atom is 0.216 e. The molecule has 2 aromatic rings. The number of nitrogens with one attached hydrogen (secondary N) is 1. The lowest BCUT2D eigenvalue weighted by atomic mass is 10.2. The van der Waals surface area contributed by atoms with Crippen LogP contribution in [0, 0.1) is 0 Å². The van der Waals surface area contributed by atoms with Gasteiger partial charge in [-0.05, 0) is 29.8 Å². The molecular weight excluding hydrogens is 274 g/mol. The maximum absolute atomic E-state index is 11.8. The van der Waals surface area contributed by atoms with Crippen molar-refractivity contribution in [3.8, 4) is 0 Å². The van der Waals surface area contributed by atoms with Gasteiger partial charge in [-0.1, -0.05) is 23.7 Å². The highest BCUT2D eigenvalue weighted by atomic mass is 35.5. The van der Waals surface area contributed by atoms with Gasteiger partial charge in [-0.15, -0.1) is 0 Å². The van der Waals surface area contributed by atoms with Gasteiger partial charge in [0.25, 0.3) is 0 Å². The van der Waals surface area contributed by atoms with Crippen LogP contribution < -0.4 is 4.72 Å². The molecule has 6 heteroatoms. The fourth-order valence-electron chi connectivity index (χ4n) is 1.49. The van der Waals surface area contributed by atoms with Crippen molar-refractivity contribution in [2.45, 2.75) is 12.3 Å². The van der Waals surface area contributed by atoms with Crippen molar-refractivity contribution in [3.63, 3.8) is 0 Å². The van der Waals surface area contributed by atoms with Crippen LogP contribution >= 0.6 is 11.6 Å². The molecular formula is C12H12ClNO3S. The third kappa shape index (κ3) is 3.87. The lowest BCUT2D eigenvalue weighted by molar-refractivity contribution is 0.498. The zero-order valence-corrected chi connectivity index (χ0v) is 11.0. The monoisotopic (exact) mass is 285 g/mol. The standard InChI is InChI=1S/C12H12ClNO3S/c13-11-4-1-3-10(7-11)9-18(15,16)14-8-12-5-2-6-17-12/h1-7,14H,8-9H2. The molecule has 0 saturated heterocycles. The van der Waals surface area contributed by atoms with Crippen molar-refractivity contribution >= 4 is 21.6 Å². The first-order valence-electron chi connectivity index (χ1n) is 5.29. The zero-order valence-electron chi connectivity index (χ0n) is 9.47. The summed E-state index contributed by atoms with van der Waals surface area (Å²) in [5.74, 6) is 0.471. The average Bonchev–Trinajstić information content (AvgIpc) is 2.78. The third-order valence-corrected chi connectivity index (χ3v) is 3.82. The Kier molecular flexibility index (Phi) is 4.06. The van der Waals surface area contributed by atoms with Crippen LogP contribution in [0.4, 0.5) is 0 Å². The van der Waals surface area contributed by atoms with Gasteiger partial charge in [0.2, 0.25) is 10.0 Å². The summed E-state index contributed by atoms with van der Waals surface area (Å²) in [6.45, 7) is 0.149. The molecule has 0 bridgehead atoms.